The Hall–Kier alpha value is -2.93. The van der Waals surface area contributed by atoms with Crippen LogP contribution in [0.1, 0.15) is 29.6 Å². The van der Waals surface area contributed by atoms with Crippen molar-refractivity contribution in [2.45, 2.75) is 25.8 Å². The number of imidazole rings is 1. The molecule has 1 aromatic carbocycles. The Bertz CT molecular complexity index is 938. The molecule has 0 spiro atoms. The third-order valence-corrected chi connectivity index (χ3v) is 5.07. The molecule has 0 radical (unpaired) electrons. The molecule has 3 aromatic rings. The Balaban J connectivity index is 1.45. The fourth-order valence-electron chi connectivity index (χ4n) is 3.51. The summed E-state index contributed by atoms with van der Waals surface area (Å²) in [6.07, 6.45) is 4.82. The fourth-order valence-corrected chi connectivity index (χ4v) is 3.51. The van der Waals surface area contributed by atoms with Crippen molar-refractivity contribution in [3.63, 3.8) is 0 Å². The first-order valence-corrected chi connectivity index (χ1v) is 9.46. The van der Waals surface area contributed by atoms with Crippen LogP contribution in [-0.4, -0.2) is 44.6 Å². The van der Waals surface area contributed by atoms with Crippen LogP contribution in [0.3, 0.4) is 0 Å². The Morgan fingerprint density at radius 1 is 1.14 bits per heavy atom. The summed E-state index contributed by atoms with van der Waals surface area (Å²) in [5.74, 6) is 3.28. The number of hydrogen-bond donors (Lipinski definition) is 0. The Kier molecular flexibility index (Phi) is 5.25. The lowest BCUT2D eigenvalue weighted by molar-refractivity contribution is 0.317. The van der Waals surface area contributed by atoms with E-state index >= 15 is 0 Å². The SMILES string of the molecule is COc1ccc(Oc2cc(C)nc(C3CCN(Cc4cncn4C)C3)n2)cc1. The van der Waals surface area contributed by atoms with Crippen molar-refractivity contribution in [3.8, 4) is 17.4 Å². The first-order chi connectivity index (χ1) is 13.6. The smallest absolute Gasteiger partial charge is 0.222 e. The van der Waals surface area contributed by atoms with Crippen molar-refractivity contribution in [2.24, 2.45) is 7.05 Å². The van der Waals surface area contributed by atoms with E-state index in [0.717, 1.165) is 49.1 Å². The molecule has 146 valence electrons. The summed E-state index contributed by atoms with van der Waals surface area (Å²) in [6, 6.07) is 9.37. The van der Waals surface area contributed by atoms with Gasteiger partial charge in [-0.3, -0.25) is 4.90 Å². The summed E-state index contributed by atoms with van der Waals surface area (Å²) < 4.78 is 13.2. The lowest BCUT2D eigenvalue weighted by Crippen LogP contribution is -2.21. The number of nitrogens with zero attached hydrogens (tertiary/aromatic N) is 5. The van der Waals surface area contributed by atoms with Crippen molar-refractivity contribution in [1.82, 2.24) is 24.4 Å². The molecule has 28 heavy (non-hydrogen) atoms. The number of aryl methyl sites for hydroxylation is 2. The van der Waals surface area contributed by atoms with Gasteiger partial charge in [0.05, 0.1) is 19.1 Å². The molecule has 1 unspecified atom stereocenters. The van der Waals surface area contributed by atoms with Crippen LogP contribution >= 0.6 is 0 Å². The average Bonchev–Trinajstić information content (AvgIpc) is 3.32. The largest absolute Gasteiger partial charge is 0.497 e. The lowest BCUT2D eigenvalue weighted by Gasteiger charge is -2.16. The van der Waals surface area contributed by atoms with Crippen LogP contribution < -0.4 is 9.47 Å². The summed E-state index contributed by atoms with van der Waals surface area (Å²) in [7, 11) is 3.68. The van der Waals surface area contributed by atoms with Crippen molar-refractivity contribution < 1.29 is 9.47 Å². The Morgan fingerprint density at radius 3 is 2.64 bits per heavy atom. The third-order valence-electron chi connectivity index (χ3n) is 5.07. The Morgan fingerprint density at radius 2 is 1.93 bits per heavy atom. The van der Waals surface area contributed by atoms with Gasteiger partial charge in [-0.2, -0.15) is 4.98 Å². The number of aromatic nitrogens is 4. The van der Waals surface area contributed by atoms with E-state index in [9.17, 15) is 0 Å². The highest BCUT2D eigenvalue weighted by molar-refractivity contribution is 5.34. The van der Waals surface area contributed by atoms with Gasteiger partial charge in [-0.15, -0.1) is 0 Å². The predicted molar refractivity (Wildman–Crippen MR) is 106 cm³/mol. The molecule has 0 aliphatic carbocycles. The van der Waals surface area contributed by atoms with E-state index in [1.807, 2.05) is 56.8 Å². The third kappa shape index (κ3) is 4.14. The lowest BCUT2D eigenvalue weighted by atomic mass is 10.1. The number of ether oxygens (including phenoxy) is 2. The zero-order valence-corrected chi connectivity index (χ0v) is 16.5. The maximum Gasteiger partial charge on any atom is 0.222 e. The minimum absolute atomic E-state index is 0.311. The molecule has 7 heteroatoms. The minimum atomic E-state index is 0.311. The molecule has 7 nitrogen and oxygen atoms in total. The van der Waals surface area contributed by atoms with E-state index in [-0.39, 0.29) is 0 Å². The average molecular weight is 379 g/mol. The molecule has 1 aliphatic heterocycles. The maximum atomic E-state index is 5.95. The normalized spacial score (nSPS) is 17.0. The highest BCUT2D eigenvalue weighted by atomic mass is 16.5. The fraction of sp³-hybridized carbons (Fsp3) is 0.381. The first kappa shape index (κ1) is 18.4. The Labute approximate surface area is 165 Å². The second-order valence-corrected chi connectivity index (χ2v) is 7.20. The quantitative estimate of drug-likeness (QED) is 0.655. The number of methoxy groups -OCH3 is 1. The van der Waals surface area contributed by atoms with E-state index in [1.165, 1.54) is 5.69 Å². The molecule has 4 rings (SSSR count). The number of rotatable bonds is 6. The van der Waals surface area contributed by atoms with Crippen molar-refractivity contribution in [1.29, 1.82) is 0 Å². The van der Waals surface area contributed by atoms with Crippen LogP contribution in [0.4, 0.5) is 0 Å². The number of hydrogen-bond acceptors (Lipinski definition) is 6. The predicted octanol–water partition coefficient (Wildman–Crippen LogP) is 3.31. The van der Waals surface area contributed by atoms with Gasteiger partial charge in [0.2, 0.25) is 5.88 Å². The molecule has 1 fully saturated rings. The topological polar surface area (TPSA) is 65.3 Å². The van der Waals surface area contributed by atoms with Gasteiger partial charge >= 0.3 is 0 Å². The van der Waals surface area contributed by atoms with Gasteiger partial charge in [0, 0.05) is 44.0 Å². The molecule has 0 amide bonds. The maximum absolute atomic E-state index is 5.95. The summed E-state index contributed by atoms with van der Waals surface area (Å²) in [5.41, 5.74) is 2.13. The van der Waals surface area contributed by atoms with Gasteiger partial charge < -0.3 is 14.0 Å². The standard InChI is InChI=1S/C21H25N5O2/c1-15-10-20(28-19-6-4-18(27-3)5-7-19)24-21(23-15)16-8-9-26(12-16)13-17-11-22-14-25(17)2/h4-7,10-11,14,16H,8-9,12-13H2,1-3H3. The van der Waals surface area contributed by atoms with E-state index in [1.54, 1.807) is 7.11 Å². The number of benzene rings is 1. The van der Waals surface area contributed by atoms with Crippen molar-refractivity contribution in [3.05, 3.63) is 60.1 Å². The summed E-state index contributed by atoms with van der Waals surface area (Å²) in [6.45, 7) is 4.85. The van der Waals surface area contributed by atoms with Crippen LogP contribution in [0.25, 0.3) is 0 Å². The zero-order valence-electron chi connectivity index (χ0n) is 16.5. The molecular weight excluding hydrogens is 354 g/mol. The van der Waals surface area contributed by atoms with Gasteiger partial charge in [0.1, 0.15) is 17.3 Å². The van der Waals surface area contributed by atoms with Gasteiger partial charge in [0.15, 0.2) is 0 Å². The van der Waals surface area contributed by atoms with Gasteiger partial charge in [0.25, 0.3) is 0 Å². The molecule has 1 saturated heterocycles. The first-order valence-electron chi connectivity index (χ1n) is 9.46. The molecular formula is C21H25N5O2. The van der Waals surface area contributed by atoms with Crippen LogP contribution in [0, 0.1) is 6.92 Å². The molecule has 3 heterocycles. The van der Waals surface area contributed by atoms with E-state index in [2.05, 4.69) is 19.4 Å². The molecule has 0 N–H and O–H groups in total. The molecule has 0 bridgehead atoms. The van der Waals surface area contributed by atoms with Crippen molar-refractivity contribution in [2.75, 3.05) is 20.2 Å². The monoisotopic (exact) mass is 379 g/mol. The van der Waals surface area contributed by atoms with Crippen LogP contribution in [0.5, 0.6) is 17.4 Å². The molecule has 2 aromatic heterocycles. The van der Waals surface area contributed by atoms with Crippen LogP contribution in [0.15, 0.2) is 42.9 Å². The summed E-state index contributed by atoms with van der Waals surface area (Å²) >= 11 is 0. The number of likely N-dealkylation sites (tertiary alicyclic amines) is 1. The second-order valence-electron chi connectivity index (χ2n) is 7.20. The van der Waals surface area contributed by atoms with E-state index in [0.29, 0.717) is 11.8 Å². The molecule has 1 aliphatic rings. The highest BCUT2D eigenvalue weighted by Gasteiger charge is 2.27. The van der Waals surface area contributed by atoms with E-state index < -0.39 is 0 Å². The van der Waals surface area contributed by atoms with Crippen LogP contribution in [-0.2, 0) is 13.6 Å². The summed E-state index contributed by atoms with van der Waals surface area (Å²) in [5, 5.41) is 0. The van der Waals surface area contributed by atoms with Gasteiger partial charge in [-0.1, -0.05) is 0 Å². The van der Waals surface area contributed by atoms with E-state index in [4.69, 9.17) is 14.5 Å². The second kappa shape index (κ2) is 7.98. The highest BCUT2D eigenvalue weighted by Crippen LogP contribution is 2.29. The summed E-state index contributed by atoms with van der Waals surface area (Å²) in [4.78, 5) is 16.0. The van der Waals surface area contributed by atoms with Gasteiger partial charge in [-0.05, 0) is 44.2 Å². The van der Waals surface area contributed by atoms with Gasteiger partial charge in [-0.25, -0.2) is 9.97 Å². The minimum Gasteiger partial charge on any atom is -0.497 e. The molecule has 1 atom stereocenters. The molecule has 0 saturated carbocycles. The zero-order chi connectivity index (χ0) is 19.5. The van der Waals surface area contributed by atoms with Crippen LogP contribution in [0.2, 0.25) is 0 Å². The van der Waals surface area contributed by atoms with Crippen molar-refractivity contribution >= 4 is 0 Å².